The molecule has 1 heterocycles. The van der Waals surface area contributed by atoms with E-state index in [-0.39, 0.29) is 12.5 Å². The van der Waals surface area contributed by atoms with Gasteiger partial charge in [0, 0.05) is 31.7 Å². The number of benzene rings is 1. The normalized spacial score (nSPS) is 17.6. The smallest absolute Gasteiger partial charge is 0.260 e. The van der Waals surface area contributed by atoms with E-state index >= 15 is 0 Å². The summed E-state index contributed by atoms with van der Waals surface area (Å²) in [5.41, 5.74) is 1.78. The van der Waals surface area contributed by atoms with Crippen LogP contribution in [-0.4, -0.2) is 60.6 Å². The van der Waals surface area contributed by atoms with E-state index in [1.165, 1.54) is 0 Å². The molecule has 5 heteroatoms. The summed E-state index contributed by atoms with van der Waals surface area (Å²) in [4.78, 5) is 16.2. The predicted octanol–water partition coefficient (Wildman–Crippen LogP) is 1.20. The molecule has 1 aromatic rings. The number of rotatable bonds is 4. The number of ether oxygens (including phenoxy) is 1. The number of piperazine rings is 1. The average Bonchev–Trinajstić information content (AvgIpc) is 2.46. The monoisotopic (exact) mass is 292 g/mol. The Morgan fingerprint density at radius 3 is 2.62 bits per heavy atom. The largest absolute Gasteiger partial charge is 0.483 e. The van der Waals surface area contributed by atoms with Gasteiger partial charge in [-0.25, -0.2) is 0 Å². The van der Waals surface area contributed by atoms with Gasteiger partial charge in [0.2, 0.25) is 0 Å². The molecule has 0 aliphatic carbocycles. The molecule has 0 aromatic heterocycles. The van der Waals surface area contributed by atoms with Gasteiger partial charge in [-0.15, -0.1) is 0 Å². The molecule has 0 radical (unpaired) electrons. The van der Waals surface area contributed by atoms with Gasteiger partial charge in [0.1, 0.15) is 5.75 Å². The average molecular weight is 292 g/mol. The Labute approximate surface area is 126 Å². The molecule has 1 atom stereocenters. The molecule has 0 bridgehead atoms. The molecule has 1 aliphatic heterocycles. The number of aliphatic hydroxyl groups excluding tert-OH is 1. The zero-order chi connectivity index (χ0) is 15.4. The highest BCUT2D eigenvalue weighted by Gasteiger charge is 2.20. The number of aryl methyl sites for hydroxylation is 1. The van der Waals surface area contributed by atoms with Crippen LogP contribution < -0.4 is 4.74 Å². The van der Waals surface area contributed by atoms with Crippen molar-refractivity contribution in [3.8, 4) is 5.75 Å². The first-order valence-corrected chi connectivity index (χ1v) is 7.35. The van der Waals surface area contributed by atoms with Crippen molar-refractivity contribution in [1.82, 2.24) is 9.80 Å². The predicted molar refractivity (Wildman–Crippen MR) is 81.4 cm³/mol. The molecule has 21 heavy (non-hydrogen) atoms. The van der Waals surface area contributed by atoms with E-state index in [2.05, 4.69) is 11.9 Å². The first-order chi connectivity index (χ1) is 9.97. The molecule has 0 unspecified atom stereocenters. The zero-order valence-electron chi connectivity index (χ0n) is 13.0. The summed E-state index contributed by atoms with van der Waals surface area (Å²) in [6.45, 7) is 6.97. The van der Waals surface area contributed by atoms with Gasteiger partial charge in [-0.05, 0) is 33.0 Å². The lowest BCUT2D eigenvalue weighted by Gasteiger charge is -2.32. The second-order valence-electron chi connectivity index (χ2n) is 5.69. The lowest BCUT2D eigenvalue weighted by molar-refractivity contribution is -0.134. The van der Waals surface area contributed by atoms with Crippen molar-refractivity contribution < 1.29 is 14.6 Å². The minimum Gasteiger partial charge on any atom is -0.483 e. The second-order valence-corrected chi connectivity index (χ2v) is 5.69. The van der Waals surface area contributed by atoms with Crippen LogP contribution in [0.15, 0.2) is 18.2 Å². The molecule has 0 spiro atoms. The van der Waals surface area contributed by atoms with Crippen LogP contribution in [0.25, 0.3) is 0 Å². The van der Waals surface area contributed by atoms with Crippen LogP contribution in [0.5, 0.6) is 5.75 Å². The maximum atomic E-state index is 12.1. The third-order valence-electron chi connectivity index (χ3n) is 3.82. The highest BCUT2D eigenvalue weighted by Crippen LogP contribution is 2.26. The number of amides is 1. The fraction of sp³-hybridized carbons (Fsp3) is 0.562. The Morgan fingerprint density at radius 1 is 1.33 bits per heavy atom. The van der Waals surface area contributed by atoms with Gasteiger partial charge >= 0.3 is 0 Å². The van der Waals surface area contributed by atoms with Crippen molar-refractivity contribution in [2.75, 3.05) is 39.8 Å². The molecule has 116 valence electrons. The number of hydrogen-bond acceptors (Lipinski definition) is 4. The van der Waals surface area contributed by atoms with E-state index < -0.39 is 6.10 Å². The summed E-state index contributed by atoms with van der Waals surface area (Å²) in [5.74, 6) is 0.582. The maximum absolute atomic E-state index is 12.1. The van der Waals surface area contributed by atoms with Crippen LogP contribution in [0, 0.1) is 6.92 Å². The van der Waals surface area contributed by atoms with Gasteiger partial charge in [-0.1, -0.05) is 11.6 Å². The Bertz CT molecular complexity index is 494. The summed E-state index contributed by atoms with van der Waals surface area (Å²) in [6.07, 6.45) is -0.612. The van der Waals surface area contributed by atoms with Gasteiger partial charge in [0.25, 0.3) is 5.91 Å². The zero-order valence-corrected chi connectivity index (χ0v) is 13.0. The van der Waals surface area contributed by atoms with Crippen LogP contribution >= 0.6 is 0 Å². The summed E-state index contributed by atoms with van der Waals surface area (Å²) >= 11 is 0. The standard InChI is InChI=1S/C16H24N2O3/c1-12-4-5-15(14(10-12)13(2)19)21-11-16(20)18-8-6-17(3)7-9-18/h4-5,10,13,19H,6-9,11H2,1-3H3/t13-/m1/s1. The van der Waals surface area contributed by atoms with Crippen molar-refractivity contribution in [3.63, 3.8) is 0 Å². The van der Waals surface area contributed by atoms with Crippen LogP contribution in [0.2, 0.25) is 0 Å². The Morgan fingerprint density at radius 2 is 2.00 bits per heavy atom. The van der Waals surface area contributed by atoms with Gasteiger partial charge < -0.3 is 19.6 Å². The summed E-state index contributed by atoms with van der Waals surface area (Å²) in [6, 6.07) is 5.62. The van der Waals surface area contributed by atoms with Crippen LogP contribution in [-0.2, 0) is 4.79 Å². The van der Waals surface area contributed by atoms with Crippen molar-refractivity contribution in [2.24, 2.45) is 0 Å². The molecule has 0 saturated carbocycles. The Balaban J connectivity index is 1.95. The van der Waals surface area contributed by atoms with Crippen molar-refractivity contribution in [3.05, 3.63) is 29.3 Å². The van der Waals surface area contributed by atoms with Crippen LogP contribution in [0.3, 0.4) is 0 Å². The van der Waals surface area contributed by atoms with Gasteiger partial charge in [0.15, 0.2) is 6.61 Å². The molecule has 1 saturated heterocycles. The maximum Gasteiger partial charge on any atom is 0.260 e. The van der Waals surface area contributed by atoms with Crippen molar-refractivity contribution in [2.45, 2.75) is 20.0 Å². The number of nitrogens with zero attached hydrogens (tertiary/aromatic N) is 2. The molecule has 1 aromatic carbocycles. The van der Waals surface area contributed by atoms with E-state index in [1.54, 1.807) is 6.92 Å². The van der Waals surface area contributed by atoms with Gasteiger partial charge in [-0.2, -0.15) is 0 Å². The number of carbonyl (C=O) groups excluding carboxylic acids is 1. The summed E-state index contributed by atoms with van der Waals surface area (Å²) in [7, 11) is 2.06. The Kier molecular flexibility index (Phi) is 5.20. The van der Waals surface area contributed by atoms with E-state index in [0.29, 0.717) is 5.75 Å². The molecular weight excluding hydrogens is 268 g/mol. The molecule has 1 N–H and O–H groups in total. The van der Waals surface area contributed by atoms with E-state index in [4.69, 9.17) is 4.74 Å². The van der Waals surface area contributed by atoms with Gasteiger partial charge in [-0.3, -0.25) is 4.79 Å². The Hall–Kier alpha value is -1.59. The molecule has 1 amide bonds. The lowest BCUT2D eigenvalue weighted by atomic mass is 10.1. The molecule has 1 aliphatic rings. The van der Waals surface area contributed by atoms with E-state index in [1.807, 2.05) is 30.0 Å². The fourth-order valence-electron chi connectivity index (χ4n) is 2.41. The minimum atomic E-state index is -0.612. The first-order valence-electron chi connectivity index (χ1n) is 7.35. The number of hydrogen-bond donors (Lipinski definition) is 1. The summed E-state index contributed by atoms with van der Waals surface area (Å²) in [5, 5.41) is 9.79. The SMILES string of the molecule is Cc1ccc(OCC(=O)N2CCN(C)CC2)c([C@@H](C)O)c1. The number of likely N-dealkylation sites (N-methyl/N-ethyl adjacent to an activating group) is 1. The molecule has 5 nitrogen and oxygen atoms in total. The van der Waals surface area contributed by atoms with Crippen LogP contribution in [0.4, 0.5) is 0 Å². The quantitative estimate of drug-likeness (QED) is 0.906. The van der Waals surface area contributed by atoms with Crippen molar-refractivity contribution >= 4 is 5.91 Å². The van der Waals surface area contributed by atoms with E-state index in [9.17, 15) is 9.90 Å². The molecule has 2 rings (SSSR count). The van der Waals surface area contributed by atoms with Gasteiger partial charge in [0.05, 0.1) is 6.10 Å². The molecule has 1 fully saturated rings. The fourth-order valence-corrected chi connectivity index (χ4v) is 2.41. The first kappa shape index (κ1) is 15.8. The number of carbonyl (C=O) groups is 1. The third-order valence-corrected chi connectivity index (χ3v) is 3.82. The minimum absolute atomic E-state index is 0.000202. The second kappa shape index (κ2) is 6.91. The lowest BCUT2D eigenvalue weighted by Crippen LogP contribution is -2.48. The van der Waals surface area contributed by atoms with E-state index in [0.717, 1.165) is 37.3 Å². The highest BCUT2D eigenvalue weighted by molar-refractivity contribution is 5.78. The third kappa shape index (κ3) is 4.19. The van der Waals surface area contributed by atoms with Crippen molar-refractivity contribution in [1.29, 1.82) is 0 Å². The van der Waals surface area contributed by atoms with Crippen LogP contribution in [0.1, 0.15) is 24.2 Å². The topological polar surface area (TPSA) is 53.0 Å². The summed E-state index contributed by atoms with van der Waals surface area (Å²) < 4.78 is 5.63. The number of aliphatic hydroxyl groups is 1. The molecular formula is C16H24N2O3. The highest BCUT2D eigenvalue weighted by atomic mass is 16.5.